The van der Waals surface area contributed by atoms with Crippen LogP contribution in [0.1, 0.15) is 24.4 Å². The molecule has 3 aromatic rings. The lowest BCUT2D eigenvalue weighted by Crippen LogP contribution is -2.18. The predicted octanol–water partition coefficient (Wildman–Crippen LogP) is 2.19. The van der Waals surface area contributed by atoms with Crippen LogP contribution < -0.4 is 5.73 Å². The molecule has 3 rings (SSSR count). The fourth-order valence-electron chi connectivity index (χ4n) is 2.18. The molecule has 7 heteroatoms. The van der Waals surface area contributed by atoms with Crippen molar-refractivity contribution in [3.8, 4) is 5.69 Å². The van der Waals surface area contributed by atoms with Gasteiger partial charge in [-0.25, -0.2) is 0 Å². The number of rotatable bonds is 4. The maximum Gasteiger partial charge on any atom is 0.106 e. The minimum atomic E-state index is -0.461. The van der Waals surface area contributed by atoms with Crippen molar-refractivity contribution >= 4 is 11.6 Å². The topological polar surface area (TPSA) is 74.6 Å². The van der Waals surface area contributed by atoms with E-state index in [-0.39, 0.29) is 0 Å². The van der Waals surface area contributed by atoms with Crippen LogP contribution in [0.3, 0.4) is 0 Å². The molecule has 2 N–H and O–H groups in total. The maximum absolute atomic E-state index is 6.27. The number of hydrogen-bond acceptors (Lipinski definition) is 4. The standard InChI is InChI=1S/C14H15ClN6/c1-2-20-14(11(15)8-17-20)13(16)12-9-18-21(19-12)10-6-4-3-5-7-10/h3-9,13H,2,16H2,1H3. The highest BCUT2D eigenvalue weighted by molar-refractivity contribution is 6.31. The lowest BCUT2D eigenvalue weighted by molar-refractivity contribution is 0.593. The van der Waals surface area contributed by atoms with Crippen molar-refractivity contribution in [2.75, 3.05) is 0 Å². The number of benzene rings is 1. The molecule has 21 heavy (non-hydrogen) atoms. The highest BCUT2D eigenvalue weighted by Gasteiger charge is 2.21. The summed E-state index contributed by atoms with van der Waals surface area (Å²) < 4.78 is 1.77. The zero-order valence-electron chi connectivity index (χ0n) is 11.5. The molecule has 108 valence electrons. The third-order valence-corrected chi connectivity index (χ3v) is 3.53. The summed E-state index contributed by atoms with van der Waals surface area (Å²) in [6.07, 6.45) is 3.25. The highest BCUT2D eigenvalue weighted by Crippen LogP contribution is 2.25. The molecule has 0 aliphatic heterocycles. The highest BCUT2D eigenvalue weighted by atomic mass is 35.5. The maximum atomic E-state index is 6.27. The van der Waals surface area contributed by atoms with Gasteiger partial charge < -0.3 is 5.73 Å². The van der Waals surface area contributed by atoms with Gasteiger partial charge in [0.15, 0.2) is 0 Å². The normalized spacial score (nSPS) is 12.5. The van der Waals surface area contributed by atoms with Gasteiger partial charge in [0.1, 0.15) is 5.69 Å². The number of aryl methyl sites for hydroxylation is 1. The Bertz CT molecular complexity index is 733. The lowest BCUT2D eigenvalue weighted by Gasteiger charge is -2.11. The molecule has 6 nitrogen and oxygen atoms in total. The molecular weight excluding hydrogens is 288 g/mol. The van der Waals surface area contributed by atoms with Gasteiger partial charge in [-0.15, -0.1) is 0 Å². The Labute approximate surface area is 127 Å². The molecule has 1 aromatic carbocycles. The van der Waals surface area contributed by atoms with Crippen molar-refractivity contribution in [3.63, 3.8) is 0 Å². The van der Waals surface area contributed by atoms with Gasteiger partial charge in [0.2, 0.25) is 0 Å². The largest absolute Gasteiger partial charge is 0.318 e. The fourth-order valence-corrected chi connectivity index (χ4v) is 2.44. The first kappa shape index (κ1) is 13.8. The summed E-state index contributed by atoms with van der Waals surface area (Å²) in [7, 11) is 0. The molecule has 0 aliphatic carbocycles. The number of aromatic nitrogens is 5. The monoisotopic (exact) mass is 302 g/mol. The molecule has 0 saturated carbocycles. The van der Waals surface area contributed by atoms with E-state index in [0.29, 0.717) is 17.3 Å². The van der Waals surface area contributed by atoms with Gasteiger partial charge in [0, 0.05) is 6.54 Å². The Kier molecular flexibility index (Phi) is 3.72. The van der Waals surface area contributed by atoms with E-state index in [4.69, 9.17) is 17.3 Å². The van der Waals surface area contributed by atoms with Crippen molar-refractivity contribution in [2.24, 2.45) is 5.73 Å². The molecule has 0 amide bonds. The third-order valence-electron chi connectivity index (χ3n) is 3.24. The SMILES string of the molecule is CCn1ncc(Cl)c1C(N)c1cnn(-c2ccccc2)n1. The van der Waals surface area contributed by atoms with Crippen LogP contribution in [0.4, 0.5) is 0 Å². The van der Waals surface area contributed by atoms with Crippen LogP contribution in [0, 0.1) is 0 Å². The number of nitrogens with two attached hydrogens (primary N) is 1. The van der Waals surface area contributed by atoms with Gasteiger partial charge in [-0.1, -0.05) is 29.8 Å². The molecule has 2 aromatic heterocycles. The second kappa shape index (κ2) is 5.67. The van der Waals surface area contributed by atoms with E-state index in [2.05, 4.69) is 15.3 Å². The third kappa shape index (κ3) is 2.55. The Hall–Kier alpha value is -2.18. The van der Waals surface area contributed by atoms with Gasteiger partial charge in [-0.2, -0.15) is 20.1 Å². The quantitative estimate of drug-likeness (QED) is 0.801. The zero-order valence-corrected chi connectivity index (χ0v) is 12.3. The summed E-state index contributed by atoms with van der Waals surface area (Å²) in [6.45, 7) is 2.68. The summed E-state index contributed by atoms with van der Waals surface area (Å²) in [6, 6.07) is 9.20. The van der Waals surface area contributed by atoms with E-state index >= 15 is 0 Å². The Morgan fingerprint density at radius 2 is 1.95 bits per heavy atom. The zero-order chi connectivity index (χ0) is 14.8. The Morgan fingerprint density at radius 1 is 1.19 bits per heavy atom. The van der Waals surface area contributed by atoms with Gasteiger partial charge in [-0.05, 0) is 19.1 Å². The van der Waals surface area contributed by atoms with Crippen LogP contribution >= 0.6 is 11.6 Å². The van der Waals surface area contributed by atoms with Crippen LogP contribution in [0.25, 0.3) is 5.69 Å². The van der Waals surface area contributed by atoms with Crippen molar-refractivity contribution < 1.29 is 0 Å². The second-order valence-electron chi connectivity index (χ2n) is 4.57. The fraction of sp³-hybridized carbons (Fsp3) is 0.214. The number of hydrogen-bond donors (Lipinski definition) is 1. The van der Waals surface area contributed by atoms with Crippen LogP contribution in [0.2, 0.25) is 5.02 Å². The molecule has 0 bridgehead atoms. The minimum absolute atomic E-state index is 0.461. The smallest absolute Gasteiger partial charge is 0.106 e. The minimum Gasteiger partial charge on any atom is -0.318 e. The molecule has 0 radical (unpaired) electrons. The van der Waals surface area contributed by atoms with Gasteiger partial charge in [0.25, 0.3) is 0 Å². The molecule has 1 unspecified atom stereocenters. The molecule has 0 spiro atoms. The van der Waals surface area contributed by atoms with Crippen molar-refractivity contribution in [3.05, 3.63) is 59.1 Å². The second-order valence-corrected chi connectivity index (χ2v) is 4.97. The average Bonchev–Trinajstić information content (AvgIpc) is 3.14. The molecular formula is C14H15ClN6. The van der Waals surface area contributed by atoms with E-state index < -0.39 is 6.04 Å². The lowest BCUT2D eigenvalue weighted by atomic mass is 10.1. The van der Waals surface area contributed by atoms with Crippen molar-refractivity contribution in [2.45, 2.75) is 19.5 Å². The summed E-state index contributed by atoms with van der Waals surface area (Å²) in [4.78, 5) is 1.55. The van der Waals surface area contributed by atoms with E-state index in [1.54, 1.807) is 21.9 Å². The summed E-state index contributed by atoms with van der Waals surface area (Å²) in [5.74, 6) is 0. The number of nitrogens with zero attached hydrogens (tertiary/aromatic N) is 5. The van der Waals surface area contributed by atoms with Crippen molar-refractivity contribution in [1.82, 2.24) is 24.8 Å². The molecule has 1 atom stereocenters. The summed E-state index contributed by atoms with van der Waals surface area (Å²) in [5.41, 5.74) is 8.55. The van der Waals surface area contributed by atoms with Crippen LogP contribution in [0.5, 0.6) is 0 Å². The van der Waals surface area contributed by atoms with Crippen LogP contribution in [0.15, 0.2) is 42.7 Å². The number of halogens is 1. The van der Waals surface area contributed by atoms with E-state index in [1.165, 1.54) is 0 Å². The Morgan fingerprint density at radius 3 is 2.67 bits per heavy atom. The molecule has 0 fully saturated rings. The predicted molar refractivity (Wildman–Crippen MR) is 80.3 cm³/mol. The summed E-state index contributed by atoms with van der Waals surface area (Å²) >= 11 is 6.17. The van der Waals surface area contributed by atoms with E-state index in [9.17, 15) is 0 Å². The van der Waals surface area contributed by atoms with Gasteiger partial charge in [0.05, 0.1) is 34.8 Å². The van der Waals surface area contributed by atoms with Crippen LogP contribution in [-0.2, 0) is 6.54 Å². The molecule has 0 aliphatic rings. The summed E-state index contributed by atoms with van der Waals surface area (Å²) in [5, 5.41) is 13.4. The molecule has 0 saturated heterocycles. The van der Waals surface area contributed by atoms with Gasteiger partial charge in [-0.3, -0.25) is 4.68 Å². The van der Waals surface area contributed by atoms with Crippen LogP contribution in [-0.4, -0.2) is 24.8 Å². The first-order valence-electron chi connectivity index (χ1n) is 6.65. The van der Waals surface area contributed by atoms with Crippen molar-refractivity contribution in [1.29, 1.82) is 0 Å². The molecule has 2 heterocycles. The van der Waals surface area contributed by atoms with E-state index in [0.717, 1.165) is 11.4 Å². The van der Waals surface area contributed by atoms with Gasteiger partial charge >= 0.3 is 0 Å². The van der Waals surface area contributed by atoms with E-state index in [1.807, 2.05) is 37.3 Å². The average molecular weight is 303 g/mol. The number of para-hydroxylation sites is 1. The first-order chi connectivity index (χ1) is 10.2. The first-order valence-corrected chi connectivity index (χ1v) is 7.03. The Balaban J connectivity index is 1.94.